The van der Waals surface area contributed by atoms with Crippen LogP contribution in [-0.4, -0.2) is 56.1 Å². The molecule has 4 nitrogen and oxygen atoms in total. The molecule has 1 fully saturated rings. The molecule has 0 saturated carbocycles. The second-order valence-electron chi connectivity index (χ2n) is 5.65. The highest BCUT2D eigenvalue weighted by molar-refractivity contribution is 7.89. The number of rotatable bonds is 7. The highest BCUT2D eigenvalue weighted by Gasteiger charge is 2.26. The summed E-state index contributed by atoms with van der Waals surface area (Å²) in [6, 6.07) is 9.83. The van der Waals surface area contributed by atoms with Gasteiger partial charge in [0, 0.05) is 26.2 Å². The van der Waals surface area contributed by atoms with Crippen molar-refractivity contribution in [2.75, 3.05) is 38.5 Å². The Morgan fingerprint density at radius 1 is 1.05 bits per heavy atom. The van der Waals surface area contributed by atoms with E-state index in [0.29, 0.717) is 19.5 Å². The van der Waals surface area contributed by atoms with Crippen LogP contribution in [0.3, 0.4) is 0 Å². The summed E-state index contributed by atoms with van der Waals surface area (Å²) in [5.41, 5.74) is 1.09. The lowest BCUT2D eigenvalue weighted by Gasteiger charge is -2.33. The van der Waals surface area contributed by atoms with Crippen LogP contribution in [0.4, 0.5) is 0 Å². The van der Waals surface area contributed by atoms with Crippen LogP contribution in [-0.2, 0) is 16.4 Å². The molecular formula is C16H26N2O2S. The van der Waals surface area contributed by atoms with Gasteiger partial charge in [-0.1, -0.05) is 43.7 Å². The third-order valence-electron chi connectivity index (χ3n) is 4.04. The van der Waals surface area contributed by atoms with Gasteiger partial charge in [-0.05, 0) is 24.9 Å². The summed E-state index contributed by atoms with van der Waals surface area (Å²) in [7, 11) is -3.12. The fourth-order valence-corrected chi connectivity index (χ4v) is 4.11. The first-order chi connectivity index (χ1) is 10.1. The molecule has 118 valence electrons. The molecule has 0 atom stereocenters. The van der Waals surface area contributed by atoms with Crippen molar-refractivity contribution in [3.8, 4) is 0 Å². The van der Waals surface area contributed by atoms with Crippen LogP contribution in [0, 0.1) is 0 Å². The van der Waals surface area contributed by atoms with Gasteiger partial charge in [-0.3, -0.25) is 0 Å². The number of nitrogens with zero attached hydrogens (tertiary/aromatic N) is 2. The molecule has 0 spiro atoms. The smallest absolute Gasteiger partial charge is 0.214 e. The van der Waals surface area contributed by atoms with Gasteiger partial charge in [-0.15, -0.1) is 0 Å². The summed E-state index contributed by atoms with van der Waals surface area (Å²) >= 11 is 0. The standard InChI is InChI=1S/C16H26N2O2S/c1-2-3-10-17-11-13-18(14-12-17)21(19,20)15-9-16-7-5-4-6-8-16/h4-8H,2-3,9-15H2,1H3. The number of hydrogen-bond donors (Lipinski definition) is 0. The zero-order chi connectivity index (χ0) is 15.1. The minimum Gasteiger partial charge on any atom is -0.301 e. The van der Waals surface area contributed by atoms with Gasteiger partial charge in [0.2, 0.25) is 10.0 Å². The zero-order valence-corrected chi connectivity index (χ0v) is 13.7. The summed E-state index contributed by atoms with van der Waals surface area (Å²) in [6.45, 7) is 6.29. The van der Waals surface area contributed by atoms with E-state index in [0.717, 1.165) is 25.2 Å². The molecule has 1 heterocycles. The fourth-order valence-electron chi connectivity index (χ4n) is 2.63. The molecule has 0 bridgehead atoms. The molecule has 0 aliphatic carbocycles. The number of piperazine rings is 1. The largest absolute Gasteiger partial charge is 0.301 e. The van der Waals surface area contributed by atoms with Crippen LogP contribution in [0.5, 0.6) is 0 Å². The van der Waals surface area contributed by atoms with E-state index in [9.17, 15) is 8.42 Å². The number of benzene rings is 1. The molecule has 1 saturated heterocycles. The third-order valence-corrected chi connectivity index (χ3v) is 5.92. The van der Waals surface area contributed by atoms with E-state index in [1.165, 1.54) is 12.8 Å². The molecule has 0 unspecified atom stereocenters. The Hall–Kier alpha value is -0.910. The van der Waals surface area contributed by atoms with Gasteiger partial charge < -0.3 is 4.90 Å². The topological polar surface area (TPSA) is 40.6 Å². The Morgan fingerprint density at radius 2 is 1.71 bits per heavy atom. The van der Waals surface area contributed by atoms with E-state index in [4.69, 9.17) is 0 Å². The number of aryl methyl sites for hydroxylation is 1. The monoisotopic (exact) mass is 310 g/mol. The lowest BCUT2D eigenvalue weighted by Crippen LogP contribution is -2.49. The first kappa shape index (κ1) is 16.5. The minimum atomic E-state index is -3.12. The van der Waals surface area contributed by atoms with Crippen molar-refractivity contribution in [3.05, 3.63) is 35.9 Å². The summed E-state index contributed by atoms with van der Waals surface area (Å²) in [5.74, 6) is 0.214. The predicted octanol–water partition coefficient (Wildman–Crippen LogP) is 1.98. The van der Waals surface area contributed by atoms with Gasteiger partial charge in [0.05, 0.1) is 5.75 Å². The summed E-state index contributed by atoms with van der Waals surface area (Å²) in [5, 5.41) is 0. The number of unbranched alkanes of at least 4 members (excludes halogenated alkanes) is 1. The second kappa shape index (κ2) is 7.92. The SMILES string of the molecule is CCCCN1CCN(S(=O)(=O)CCc2ccccc2)CC1. The van der Waals surface area contributed by atoms with Gasteiger partial charge in [0.25, 0.3) is 0 Å². The Bertz CT molecular complexity index is 508. The Labute approximate surface area is 128 Å². The molecule has 2 rings (SSSR count). The average molecular weight is 310 g/mol. The molecular weight excluding hydrogens is 284 g/mol. The molecule has 21 heavy (non-hydrogen) atoms. The van der Waals surface area contributed by atoms with Crippen molar-refractivity contribution in [1.29, 1.82) is 0 Å². The maximum absolute atomic E-state index is 12.4. The summed E-state index contributed by atoms with van der Waals surface area (Å²) in [6.07, 6.45) is 2.98. The summed E-state index contributed by atoms with van der Waals surface area (Å²) in [4.78, 5) is 2.37. The average Bonchev–Trinajstić information content (AvgIpc) is 2.52. The molecule has 1 aliphatic rings. The quantitative estimate of drug-likeness (QED) is 0.773. The first-order valence-electron chi connectivity index (χ1n) is 7.86. The van der Waals surface area contributed by atoms with Crippen LogP contribution in [0.15, 0.2) is 30.3 Å². The molecule has 1 aromatic carbocycles. The first-order valence-corrected chi connectivity index (χ1v) is 9.47. The van der Waals surface area contributed by atoms with Crippen molar-refractivity contribution >= 4 is 10.0 Å². The summed E-state index contributed by atoms with van der Waals surface area (Å²) < 4.78 is 26.4. The molecule has 5 heteroatoms. The van der Waals surface area contributed by atoms with E-state index < -0.39 is 10.0 Å². The van der Waals surface area contributed by atoms with Gasteiger partial charge in [0.1, 0.15) is 0 Å². The number of sulfonamides is 1. The molecule has 0 amide bonds. The van der Waals surface area contributed by atoms with Gasteiger partial charge >= 0.3 is 0 Å². The van der Waals surface area contributed by atoms with Crippen LogP contribution >= 0.6 is 0 Å². The van der Waals surface area contributed by atoms with Crippen LogP contribution in [0.25, 0.3) is 0 Å². The molecule has 0 radical (unpaired) electrons. The zero-order valence-electron chi connectivity index (χ0n) is 12.9. The maximum Gasteiger partial charge on any atom is 0.214 e. The van der Waals surface area contributed by atoms with Crippen molar-refractivity contribution in [1.82, 2.24) is 9.21 Å². The Balaban J connectivity index is 1.81. The van der Waals surface area contributed by atoms with E-state index in [-0.39, 0.29) is 5.75 Å². The Morgan fingerprint density at radius 3 is 2.33 bits per heavy atom. The fraction of sp³-hybridized carbons (Fsp3) is 0.625. The molecule has 0 aromatic heterocycles. The highest BCUT2D eigenvalue weighted by atomic mass is 32.2. The van der Waals surface area contributed by atoms with Crippen molar-refractivity contribution in [2.24, 2.45) is 0 Å². The van der Waals surface area contributed by atoms with E-state index in [1.807, 2.05) is 30.3 Å². The normalized spacial score (nSPS) is 18.0. The number of hydrogen-bond acceptors (Lipinski definition) is 3. The van der Waals surface area contributed by atoms with E-state index in [1.54, 1.807) is 4.31 Å². The minimum absolute atomic E-state index is 0.214. The van der Waals surface area contributed by atoms with Gasteiger partial charge in [-0.2, -0.15) is 4.31 Å². The Kier molecular flexibility index (Phi) is 6.21. The van der Waals surface area contributed by atoms with Crippen molar-refractivity contribution in [3.63, 3.8) is 0 Å². The predicted molar refractivity (Wildman–Crippen MR) is 86.9 cm³/mol. The van der Waals surface area contributed by atoms with Crippen LogP contribution in [0.2, 0.25) is 0 Å². The highest BCUT2D eigenvalue weighted by Crippen LogP contribution is 2.11. The van der Waals surface area contributed by atoms with E-state index in [2.05, 4.69) is 11.8 Å². The van der Waals surface area contributed by atoms with Crippen molar-refractivity contribution < 1.29 is 8.42 Å². The van der Waals surface area contributed by atoms with Gasteiger partial charge in [-0.25, -0.2) is 8.42 Å². The van der Waals surface area contributed by atoms with E-state index >= 15 is 0 Å². The third kappa shape index (κ3) is 5.09. The maximum atomic E-state index is 12.4. The molecule has 1 aliphatic heterocycles. The van der Waals surface area contributed by atoms with Crippen LogP contribution in [0.1, 0.15) is 25.3 Å². The van der Waals surface area contributed by atoms with Crippen molar-refractivity contribution in [2.45, 2.75) is 26.2 Å². The molecule has 0 N–H and O–H groups in total. The lowest BCUT2D eigenvalue weighted by molar-refractivity contribution is 0.186. The second-order valence-corrected chi connectivity index (χ2v) is 7.73. The van der Waals surface area contributed by atoms with Crippen LogP contribution < -0.4 is 0 Å². The lowest BCUT2D eigenvalue weighted by atomic mass is 10.2. The molecule has 1 aromatic rings. The van der Waals surface area contributed by atoms with Gasteiger partial charge in [0.15, 0.2) is 0 Å².